The topological polar surface area (TPSA) is 84.5 Å². The maximum atomic E-state index is 13.2. The molecule has 8 heteroatoms. The van der Waals surface area contributed by atoms with Crippen molar-refractivity contribution >= 4 is 51.6 Å². The van der Waals surface area contributed by atoms with E-state index in [0.717, 1.165) is 41.8 Å². The summed E-state index contributed by atoms with van der Waals surface area (Å²) in [5.74, 6) is 0.0123. The Morgan fingerprint density at radius 3 is 2.73 bits per heavy atom. The Morgan fingerprint density at radius 2 is 2.03 bits per heavy atom. The summed E-state index contributed by atoms with van der Waals surface area (Å²) in [5, 5.41) is 6.17. The van der Waals surface area contributed by atoms with Gasteiger partial charge in [0.05, 0.1) is 17.9 Å². The summed E-state index contributed by atoms with van der Waals surface area (Å²) >= 11 is 2.95. The Morgan fingerprint density at radius 1 is 1.24 bits per heavy atom. The fraction of sp³-hybridized carbons (Fsp3) is 0.480. The number of carbonyl (C=O) groups excluding carboxylic acids is 3. The zero-order valence-electron chi connectivity index (χ0n) is 19.7. The van der Waals surface area contributed by atoms with E-state index in [1.54, 1.807) is 0 Å². The van der Waals surface area contributed by atoms with Crippen LogP contribution in [0.25, 0.3) is 0 Å². The van der Waals surface area contributed by atoms with Crippen LogP contribution in [0.2, 0.25) is 0 Å². The number of hydrogen-bond acceptors (Lipinski definition) is 6. The summed E-state index contributed by atoms with van der Waals surface area (Å²) in [6.07, 6.45) is 4.66. The summed E-state index contributed by atoms with van der Waals surface area (Å²) in [7, 11) is 1.38. The van der Waals surface area contributed by atoms with Gasteiger partial charge in [-0.3, -0.25) is 9.59 Å². The Bertz CT molecular complexity index is 1020. The van der Waals surface area contributed by atoms with Gasteiger partial charge in [0.2, 0.25) is 11.8 Å². The number of carbonyl (C=O) groups is 3. The van der Waals surface area contributed by atoms with E-state index < -0.39 is 5.97 Å². The molecule has 2 aromatic rings. The molecule has 2 amide bonds. The van der Waals surface area contributed by atoms with Crippen LogP contribution in [-0.4, -0.2) is 30.1 Å². The van der Waals surface area contributed by atoms with Crippen LogP contribution < -0.4 is 10.6 Å². The van der Waals surface area contributed by atoms with Crippen LogP contribution >= 0.6 is 23.1 Å². The van der Waals surface area contributed by atoms with E-state index in [-0.39, 0.29) is 17.1 Å². The Kier molecular flexibility index (Phi) is 8.97. The van der Waals surface area contributed by atoms with Gasteiger partial charge in [-0.05, 0) is 61.8 Å². The van der Waals surface area contributed by atoms with Gasteiger partial charge in [-0.1, -0.05) is 26.8 Å². The summed E-state index contributed by atoms with van der Waals surface area (Å²) in [6.45, 7) is 6.14. The van der Waals surface area contributed by atoms with Crippen molar-refractivity contribution in [2.45, 2.75) is 69.4 Å². The lowest BCUT2D eigenvalue weighted by molar-refractivity contribution is -0.116. The molecule has 0 saturated heterocycles. The fourth-order valence-corrected chi connectivity index (χ4v) is 6.35. The van der Waals surface area contributed by atoms with E-state index >= 15 is 0 Å². The van der Waals surface area contributed by atoms with Gasteiger partial charge in [0.15, 0.2) is 0 Å². The number of ether oxygens (including phenoxy) is 1. The number of benzene rings is 1. The van der Waals surface area contributed by atoms with Gasteiger partial charge in [-0.15, -0.1) is 23.1 Å². The number of thioether (sulfide) groups is 1. The highest BCUT2D eigenvalue weighted by Crippen LogP contribution is 2.40. The number of esters is 1. The fourth-order valence-electron chi connectivity index (χ4n) is 3.93. The van der Waals surface area contributed by atoms with E-state index in [9.17, 15) is 14.4 Å². The van der Waals surface area contributed by atoms with Gasteiger partial charge in [0, 0.05) is 21.9 Å². The normalized spacial score (nSPS) is 15.9. The average molecular weight is 489 g/mol. The first-order valence-electron chi connectivity index (χ1n) is 11.5. The largest absolute Gasteiger partial charge is 0.465 e. The second-order valence-electron chi connectivity index (χ2n) is 8.38. The number of fused-ring (bicyclic) bond motifs is 1. The third-order valence-electron chi connectivity index (χ3n) is 5.67. The third-order valence-corrected chi connectivity index (χ3v) is 8.20. The standard InChI is InChI=1S/C25H32N2O4S2/c1-5-8-21(28)26-16-9-7-10-17(14-16)32-19(6-2)23(29)27-24-22(25(30)31-4)18-12-11-15(3)13-20(18)33-24/h7,9-10,14-15,19H,5-6,8,11-13H2,1-4H3,(H,26,28)(H,27,29). The van der Waals surface area contributed by atoms with Gasteiger partial charge in [-0.2, -0.15) is 0 Å². The average Bonchev–Trinajstić information content (AvgIpc) is 3.13. The minimum atomic E-state index is -0.395. The number of anilines is 2. The summed E-state index contributed by atoms with van der Waals surface area (Å²) < 4.78 is 5.03. The van der Waals surface area contributed by atoms with Crippen LogP contribution in [0, 0.1) is 5.92 Å². The molecule has 1 aliphatic rings. The maximum Gasteiger partial charge on any atom is 0.341 e. The second-order valence-corrected chi connectivity index (χ2v) is 10.8. The van der Waals surface area contributed by atoms with Gasteiger partial charge < -0.3 is 15.4 Å². The first-order valence-corrected chi connectivity index (χ1v) is 13.2. The van der Waals surface area contributed by atoms with Gasteiger partial charge in [0.1, 0.15) is 5.00 Å². The number of nitrogens with one attached hydrogen (secondary N) is 2. The minimum Gasteiger partial charge on any atom is -0.465 e. The molecule has 2 N–H and O–H groups in total. The van der Waals surface area contributed by atoms with Crippen molar-refractivity contribution in [1.82, 2.24) is 0 Å². The van der Waals surface area contributed by atoms with Crippen molar-refractivity contribution in [3.8, 4) is 0 Å². The first-order chi connectivity index (χ1) is 15.9. The van der Waals surface area contributed by atoms with E-state index in [1.165, 1.54) is 35.1 Å². The molecule has 33 heavy (non-hydrogen) atoms. The van der Waals surface area contributed by atoms with Crippen molar-refractivity contribution < 1.29 is 19.1 Å². The van der Waals surface area contributed by atoms with Crippen molar-refractivity contribution in [3.63, 3.8) is 0 Å². The number of thiophene rings is 1. The van der Waals surface area contributed by atoms with Crippen molar-refractivity contribution in [2.24, 2.45) is 5.92 Å². The predicted molar refractivity (Wildman–Crippen MR) is 135 cm³/mol. The van der Waals surface area contributed by atoms with Crippen molar-refractivity contribution in [3.05, 3.63) is 40.3 Å². The smallest absolute Gasteiger partial charge is 0.341 e. The lowest BCUT2D eigenvalue weighted by atomic mass is 9.88. The Hall–Kier alpha value is -2.32. The summed E-state index contributed by atoms with van der Waals surface area (Å²) in [4.78, 5) is 39.7. The lowest BCUT2D eigenvalue weighted by Gasteiger charge is -2.18. The minimum absolute atomic E-state index is 0.0178. The molecule has 3 rings (SSSR count). The van der Waals surface area contributed by atoms with Crippen LogP contribution in [0.5, 0.6) is 0 Å². The van der Waals surface area contributed by atoms with Crippen molar-refractivity contribution in [1.29, 1.82) is 0 Å². The van der Waals surface area contributed by atoms with Crippen LogP contribution in [0.15, 0.2) is 29.2 Å². The maximum absolute atomic E-state index is 13.2. The molecule has 178 valence electrons. The zero-order chi connectivity index (χ0) is 24.0. The molecule has 2 unspecified atom stereocenters. The molecular weight excluding hydrogens is 456 g/mol. The molecule has 1 heterocycles. The van der Waals surface area contributed by atoms with E-state index in [0.29, 0.717) is 29.3 Å². The lowest BCUT2D eigenvalue weighted by Crippen LogP contribution is -2.25. The summed E-state index contributed by atoms with van der Waals surface area (Å²) in [5.41, 5.74) is 2.26. The molecule has 0 spiro atoms. The molecule has 1 aromatic heterocycles. The molecule has 1 aliphatic carbocycles. The van der Waals surface area contributed by atoms with E-state index in [2.05, 4.69) is 17.6 Å². The first kappa shape index (κ1) is 25.3. The number of rotatable bonds is 9. The highest BCUT2D eigenvalue weighted by Gasteiger charge is 2.30. The van der Waals surface area contributed by atoms with Gasteiger partial charge in [0.25, 0.3) is 0 Å². The Balaban J connectivity index is 1.76. The van der Waals surface area contributed by atoms with Crippen molar-refractivity contribution in [2.75, 3.05) is 17.7 Å². The van der Waals surface area contributed by atoms with Crippen LogP contribution in [0.1, 0.15) is 67.3 Å². The molecule has 1 aromatic carbocycles. The predicted octanol–water partition coefficient (Wildman–Crippen LogP) is 5.91. The monoisotopic (exact) mass is 488 g/mol. The van der Waals surface area contributed by atoms with E-state index in [1.807, 2.05) is 38.1 Å². The van der Waals surface area contributed by atoms with Gasteiger partial charge in [-0.25, -0.2) is 4.79 Å². The second kappa shape index (κ2) is 11.7. The SMILES string of the molecule is CCCC(=O)Nc1cccc(SC(CC)C(=O)Nc2sc3c(c2C(=O)OC)CCC(C)C3)c1. The molecule has 6 nitrogen and oxygen atoms in total. The molecule has 0 aliphatic heterocycles. The number of hydrogen-bond donors (Lipinski definition) is 2. The quantitative estimate of drug-likeness (QED) is 0.339. The van der Waals surface area contributed by atoms with Crippen LogP contribution in [-0.2, 0) is 27.2 Å². The number of amides is 2. The molecular formula is C25H32N2O4S2. The van der Waals surface area contributed by atoms with E-state index in [4.69, 9.17) is 4.74 Å². The van der Waals surface area contributed by atoms with Gasteiger partial charge >= 0.3 is 5.97 Å². The Labute approximate surface area is 203 Å². The third kappa shape index (κ3) is 6.38. The number of methoxy groups -OCH3 is 1. The zero-order valence-corrected chi connectivity index (χ0v) is 21.3. The highest BCUT2D eigenvalue weighted by atomic mass is 32.2. The van der Waals surface area contributed by atoms with Crippen LogP contribution in [0.4, 0.5) is 10.7 Å². The molecule has 0 bridgehead atoms. The van der Waals surface area contributed by atoms with Crippen LogP contribution in [0.3, 0.4) is 0 Å². The molecule has 0 fully saturated rings. The summed E-state index contributed by atoms with van der Waals surface area (Å²) in [6, 6.07) is 7.54. The highest BCUT2D eigenvalue weighted by molar-refractivity contribution is 8.00. The molecule has 2 atom stereocenters. The molecule has 0 saturated carbocycles. The molecule has 0 radical (unpaired) electrons.